The normalized spacial score (nSPS) is 18.8. The van der Waals surface area contributed by atoms with Crippen LogP contribution in [0, 0.1) is 0 Å². The Morgan fingerprint density at radius 2 is 1.83 bits per heavy atom. The summed E-state index contributed by atoms with van der Waals surface area (Å²) in [7, 11) is 0. The first kappa shape index (κ1) is 22.2. The van der Waals surface area contributed by atoms with Crippen molar-refractivity contribution in [2.75, 3.05) is 31.5 Å². The highest BCUT2D eigenvalue weighted by atomic mass is 35.5. The summed E-state index contributed by atoms with van der Waals surface area (Å²) in [4.78, 5) is 17.2. The van der Waals surface area contributed by atoms with E-state index < -0.39 is 11.7 Å². The molecule has 2 fully saturated rings. The van der Waals surface area contributed by atoms with Gasteiger partial charge in [-0.1, -0.05) is 30.9 Å². The van der Waals surface area contributed by atoms with E-state index in [0.29, 0.717) is 6.54 Å². The second-order valence-corrected chi connectivity index (χ2v) is 8.42. The number of alkyl halides is 3. The maximum absolute atomic E-state index is 13.1. The van der Waals surface area contributed by atoms with Crippen molar-refractivity contribution in [3.63, 3.8) is 0 Å². The van der Waals surface area contributed by atoms with Gasteiger partial charge in [-0.25, -0.2) is 4.79 Å². The zero-order chi connectivity index (χ0) is 20.9. The lowest BCUT2D eigenvalue weighted by Crippen LogP contribution is -2.45. The Morgan fingerprint density at radius 1 is 1.14 bits per heavy atom. The van der Waals surface area contributed by atoms with E-state index in [0.717, 1.165) is 57.8 Å². The van der Waals surface area contributed by atoms with Crippen LogP contribution >= 0.6 is 11.6 Å². The van der Waals surface area contributed by atoms with Crippen LogP contribution in [-0.4, -0.2) is 48.1 Å². The molecule has 1 saturated heterocycles. The zero-order valence-electron chi connectivity index (χ0n) is 16.6. The second-order valence-electron chi connectivity index (χ2n) is 8.01. The molecule has 1 aliphatic heterocycles. The van der Waals surface area contributed by atoms with Crippen molar-refractivity contribution in [1.29, 1.82) is 0 Å². The second kappa shape index (κ2) is 10.0. The number of nitrogens with zero attached hydrogens (tertiary/aromatic N) is 2. The van der Waals surface area contributed by atoms with Gasteiger partial charge in [0.15, 0.2) is 0 Å². The molecule has 0 spiro atoms. The van der Waals surface area contributed by atoms with E-state index in [1.807, 2.05) is 4.90 Å². The summed E-state index contributed by atoms with van der Waals surface area (Å²) < 4.78 is 39.4. The Kier molecular flexibility index (Phi) is 7.68. The molecule has 0 atom stereocenters. The number of anilines is 1. The SMILES string of the molecule is O=C(Nc1ccc(Cl)c(C(F)(F)F)c1)N(CCCN1CCCC1)C1CCCCC1. The number of benzene rings is 1. The van der Waals surface area contributed by atoms with Crippen LogP contribution < -0.4 is 5.32 Å². The summed E-state index contributed by atoms with van der Waals surface area (Å²) in [5.41, 5.74) is -0.817. The number of rotatable bonds is 6. The fourth-order valence-corrected chi connectivity index (χ4v) is 4.55. The lowest BCUT2D eigenvalue weighted by Gasteiger charge is -2.35. The smallest absolute Gasteiger partial charge is 0.322 e. The third-order valence-electron chi connectivity index (χ3n) is 5.87. The average Bonchev–Trinajstić information content (AvgIpc) is 3.20. The maximum Gasteiger partial charge on any atom is 0.417 e. The molecule has 0 bridgehead atoms. The molecular formula is C21H29ClF3N3O. The van der Waals surface area contributed by atoms with Crippen LogP contribution in [0.1, 0.15) is 56.9 Å². The van der Waals surface area contributed by atoms with Crippen LogP contribution in [0.3, 0.4) is 0 Å². The van der Waals surface area contributed by atoms with E-state index in [1.54, 1.807) is 0 Å². The van der Waals surface area contributed by atoms with Crippen molar-refractivity contribution < 1.29 is 18.0 Å². The van der Waals surface area contributed by atoms with Crippen molar-refractivity contribution in [1.82, 2.24) is 9.80 Å². The lowest BCUT2D eigenvalue weighted by atomic mass is 9.94. The molecule has 0 radical (unpaired) electrons. The minimum atomic E-state index is -4.56. The predicted molar refractivity (Wildman–Crippen MR) is 109 cm³/mol. The van der Waals surface area contributed by atoms with Crippen molar-refractivity contribution >= 4 is 23.3 Å². The van der Waals surface area contributed by atoms with Gasteiger partial charge in [-0.15, -0.1) is 0 Å². The minimum absolute atomic E-state index is 0.118. The van der Waals surface area contributed by atoms with Gasteiger partial charge in [0.05, 0.1) is 10.6 Å². The Morgan fingerprint density at radius 3 is 2.48 bits per heavy atom. The molecule has 1 N–H and O–H groups in total. The molecule has 1 aliphatic carbocycles. The van der Waals surface area contributed by atoms with Crippen LogP contribution in [0.5, 0.6) is 0 Å². The minimum Gasteiger partial charge on any atom is -0.322 e. The topological polar surface area (TPSA) is 35.6 Å². The van der Waals surface area contributed by atoms with Gasteiger partial charge < -0.3 is 15.1 Å². The van der Waals surface area contributed by atoms with Gasteiger partial charge in [-0.3, -0.25) is 0 Å². The van der Waals surface area contributed by atoms with Gasteiger partial charge in [-0.2, -0.15) is 13.2 Å². The van der Waals surface area contributed by atoms with Crippen molar-refractivity contribution in [3.05, 3.63) is 28.8 Å². The number of carbonyl (C=O) groups is 1. The standard InChI is InChI=1S/C21H29ClF3N3O/c22-19-10-9-16(15-18(19)21(23,24)25)26-20(29)28(17-7-2-1-3-8-17)14-6-13-27-11-4-5-12-27/h9-10,15,17H,1-8,11-14H2,(H,26,29). The quantitative estimate of drug-likeness (QED) is 0.598. The van der Waals surface area contributed by atoms with Crippen molar-refractivity contribution in [2.24, 2.45) is 0 Å². The van der Waals surface area contributed by atoms with Gasteiger partial charge in [0.2, 0.25) is 0 Å². The summed E-state index contributed by atoms with van der Waals surface area (Å²) in [6.07, 6.45) is 4.01. The van der Waals surface area contributed by atoms with Gasteiger partial charge in [0.1, 0.15) is 0 Å². The molecule has 1 aromatic carbocycles. The number of likely N-dealkylation sites (tertiary alicyclic amines) is 1. The molecule has 4 nitrogen and oxygen atoms in total. The largest absolute Gasteiger partial charge is 0.417 e. The summed E-state index contributed by atoms with van der Waals surface area (Å²) in [5, 5.41) is 2.30. The molecular weight excluding hydrogens is 403 g/mol. The summed E-state index contributed by atoms with van der Waals surface area (Å²) >= 11 is 5.68. The summed E-state index contributed by atoms with van der Waals surface area (Å²) in [6.45, 7) is 3.80. The summed E-state index contributed by atoms with van der Waals surface area (Å²) in [6, 6.07) is 3.33. The van der Waals surface area contributed by atoms with Crippen LogP contribution in [0.25, 0.3) is 0 Å². The van der Waals surface area contributed by atoms with Crippen LogP contribution in [-0.2, 0) is 6.18 Å². The monoisotopic (exact) mass is 431 g/mol. The Bertz CT molecular complexity index is 686. The first-order valence-electron chi connectivity index (χ1n) is 10.5. The van der Waals surface area contributed by atoms with Crippen molar-refractivity contribution in [2.45, 2.75) is 63.6 Å². The van der Waals surface area contributed by atoms with E-state index >= 15 is 0 Å². The Hall–Kier alpha value is -1.47. The number of halogens is 4. The molecule has 162 valence electrons. The van der Waals surface area contributed by atoms with E-state index in [1.165, 1.54) is 31.4 Å². The first-order chi connectivity index (χ1) is 13.8. The van der Waals surface area contributed by atoms with Gasteiger partial charge in [-0.05, 0) is 69.9 Å². The zero-order valence-corrected chi connectivity index (χ0v) is 17.4. The Labute approximate surface area is 175 Å². The van der Waals surface area contributed by atoms with E-state index in [4.69, 9.17) is 11.6 Å². The number of amides is 2. The van der Waals surface area contributed by atoms with E-state index in [2.05, 4.69) is 10.2 Å². The van der Waals surface area contributed by atoms with Gasteiger partial charge >= 0.3 is 12.2 Å². The maximum atomic E-state index is 13.1. The molecule has 29 heavy (non-hydrogen) atoms. The lowest BCUT2D eigenvalue weighted by molar-refractivity contribution is -0.137. The molecule has 1 saturated carbocycles. The van der Waals surface area contributed by atoms with E-state index in [9.17, 15) is 18.0 Å². The molecule has 0 aromatic heterocycles. The predicted octanol–water partition coefficient (Wildman–Crippen LogP) is 6.01. The number of nitrogens with one attached hydrogen (secondary N) is 1. The number of hydrogen-bond acceptors (Lipinski definition) is 2. The van der Waals surface area contributed by atoms with Crippen molar-refractivity contribution in [3.8, 4) is 0 Å². The van der Waals surface area contributed by atoms with Gasteiger partial charge in [0.25, 0.3) is 0 Å². The molecule has 1 heterocycles. The average molecular weight is 432 g/mol. The number of carbonyl (C=O) groups excluding carboxylic acids is 1. The highest BCUT2D eigenvalue weighted by molar-refractivity contribution is 6.31. The molecule has 3 rings (SSSR count). The molecule has 0 unspecified atom stereocenters. The third kappa shape index (κ3) is 6.25. The molecule has 8 heteroatoms. The van der Waals surface area contributed by atoms with E-state index in [-0.39, 0.29) is 22.8 Å². The Balaban J connectivity index is 1.66. The highest BCUT2D eigenvalue weighted by Gasteiger charge is 2.34. The fraction of sp³-hybridized carbons (Fsp3) is 0.667. The number of urea groups is 1. The first-order valence-corrected chi connectivity index (χ1v) is 10.9. The van der Waals surface area contributed by atoms with Crippen LogP contribution in [0.2, 0.25) is 5.02 Å². The highest BCUT2D eigenvalue weighted by Crippen LogP contribution is 2.36. The third-order valence-corrected chi connectivity index (χ3v) is 6.20. The summed E-state index contributed by atoms with van der Waals surface area (Å²) in [5.74, 6) is 0. The molecule has 2 amide bonds. The van der Waals surface area contributed by atoms with Gasteiger partial charge in [0, 0.05) is 18.3 Å². The molecule has 2 aliphatic rings. The number of hydrogen-bond donors (Lipinski definition) is 1. The van der Waals surface area contributed by atoms with Crippen LogP contribution in [0.4, 0.5) is 23.7 Å². The molecule has 1 aromatic rings. The van der Waals surface area contributed by atoms with Crippen LogP contribution in [0.15, 0.2) is 18.2 Å². The fourth-order valence-electron chi connectivity index (χ4n) is 4.33.